The van der Waals surface area contributed by atoms with Crippen molar-refractivity contribution >= 4 is 6.29 Å². The maximum absolute atomic E-state index is 11.1. The van der Waals surface area contributed by atoms with Gasteiger partial charge < -0.3 is 4.79 Å². The van der Waals surface area contributed by atoms with Crippen LogP contribution in [0.1, 0.15) is 44.1 Å². The quantitative estimate of drug-likeness (QED) is 0.736. The van der Waals surface area contributed by atoms with Gasteiger partial charge in [-0.05, 0) is 60.3 Å². The van der Waals surface area contributed by atoms with Gasteiger partial charge in [0.05, 0.1) is 0 Å². The van der Waals surface area contributed by atoms with Crippen molar-refractivity contribution in [3.8, 4) is 0 Å². The van der Waals surface area contributed by atoms with E-state index in [1.807, 2.05) is 0 Å². The van der Waals surface area contributed by atoms with Crippen molar-refractivity contribution in [2.75, 3.05) is 0 Å². The van der Waals surface area contributed by atoms with Crippen molar-refractivity contribution in [1.29, 1.82) is 0 Å². The SMILES string of the molecule is O=CCC12CC3CC1CC(c1ccccc1)(C3)C2. The van der Waals surface area contributed by atoms with Crippen molar-refractivity contribution < 1.29 is 4.79 Å². The van der Waals surface area contributed by atoms with Crippen LogP contribution in [0.3, 0.4) is 0 Å². The zero-order chi connectivity index (χ0) is 12.2. The summed E-state index contributed by atoms with van der Waals surface area (Å²) >= 11 is 0. The first-order valence-corrected chi connectivity index (χ1v) is 7.26. The van der Waals surface area contributed by atoms with Gasteiger partial charge >= 0.3 is 0 Å². The first-order valence-electron chi connectivity index (χ1n) is 7.26. The summed E-state index contributed by atoms with van der Waals surface area (Å²) in [5.41, 5.74) is 2.32. The topological polar surface area (TPSA) is 17.1 Å². The zero-order valence-corrected chi connectivity index (χ0v) is 10.8. The summed E-state index contributed by atoms with van der Waals surface area (Å²) in [7, 11) is 0. The summed E-state index contributed by atoms with van der Waals surface area (Å²) < 4.78 is 0. The maximum atomic E-state index is 11.1. The summed E-state index contributed by atoms with van der Waals surface area (Å²) in [5.74, 6) is 1.71. The lowest BCUT2D eigenvalue weighted by Gasteiger charge is -2.41. The lowest BCUT2D eigenvalue weighted by Crippen LogP contribution is -2.33. The second-order valence-electron chi connectivity index (χ2n) is 6.97. The summed E-state index contributed by atoms with van der Waals surface area (Å²) in [5, 5.41) is 0. The standard InChI is InChI=1S/C17H20O/c18-7-6-16-9-13-8-15(16)11-17(10-13,12-16)14-4-2-1-3-5-14/h1-5,7,13,15H,6,8-12H2. The molecule has 4 unspecified atom stereocenters. The molecule has 1 aromatic rings. The lowest BCUT2D eigenvalue weighted by atomic mass is 9.63. The molecule has 0 saturated heterocycles. The van der Waals surface area contributed by atoms with Crippen LogP contribution in [-0.2, 0) is 10.2 Å². The predicted octanol–water partition coefficient (Wildman–Crippen LogP) is 3.72. The molecule has 0 N–H and O–H groups in total. The van der Waals surface area contributed by atoms with E-state index >= 15 is 0 Å². The van der Waals surface area contributed by atoms with Crippen LogP contribution >= 0.6 is 0 Å². The van der Waals surface area contributed by atoms with E-state index < -0.39 is 0 Å². The number of hydrogen-bond donors (Lipinski definition) is 0. The molecule has 0 aliphatic heterocycles. The van der Waals surface area contributed by atoms with E-state index in [0.29, 0.717) is 10.8 Å². The van der Waals surface area contributed by atoms with E-state index in [-0.39, 0.29) is 0 Å². The number of hydrogen-bond acceptors (Lipinski definition) is 1. The van der Waals surface area contributed by atoms with E-state index in [9.17, 15) is 4.79 Å². The smallest absolute Gasteiger partial charge is 0.120 e. The van der Waals surface area contributed by atoms with Crippen molar-refractivity contribution in [3.05, 3.63) is 35.9 Å². The Morgan fingerprint density at radius 2 is 2.00 bits per heavy atom. The first-order chi connectivity index (χ1) is 8.76. The second kappa shape index (κ2) is 3.46. The maximum Gasteiger partial charge on any atom is 0.120 e. The van der Waals surface area contributed by atoms with Crippen molar-refractivity contribution in [2.45, 2.75) is 43.9 Å². The fourth-order valence-corrected chi connectivity index (χ4v) is 5.69. The molecule has 5 rings (SSSR count). The van der Waals surface area contributed by atoms with E-state index in [2.05, 4.69) is 30.3 Å². The van der Waals surface area contributed by atoms with Gasteiger partial charge in [-0.2, -0.15) is 0 Å². The fraction of sp³-hybridized carbons (Fsp3) is 0.588. The monoisotopic (exact) mass is 240 g/mol. The largest absolute Gasteiger partial charge is 0.303 e. The molecule has 18 heavy (non-hydrogen) atoms. The molecule has 4 atom stereocenters. The van der Waals surface area contributed by atoms with Gasteiger partial charge in [-0.1, -0.05) is 30.3 Å². The molecule has 4 saturated carbocycles. The van der Waals surface area contributed by atoms with Gasteiger partial charge in [-0.25, -0.2) is 0 Å². The minimum absolute atomic E-state index is 0.376. The molecule has 4 bridgehead atoms. The van der Waals surface area contributed by atoms with E-state index in [1.165, 1.54) is 44.0 Å². The van der Waals surface area contributed by atoms with Crippen molar-refractivity contribution in [2.24, 2.45) is 17.3 Å². The molecule has 94 valence electrons. The third kappa shape index (κ3) is 1.25. The first kappa shape index (κ1) is 10.8. The summed E-state index contributed by atoms with van der Waals surface area (Å²) in [6, 6.07) is 11.1. The summed E-state index contributed by atoms with van der Waals surface area (Å²) in [6.45, 7) is 0. The molecular formula is C17H20O. The van der Waals surface area contributed by atoms with Crippen LogP contribution in [0.5, 0.6) is 0 Å². The molecule has 0 spiro atoms. The fourth-order valence-electron chi connectivity index (χ4n) is 5.69. The molecule has 1 aromatic carbocycles. The number of aldehydes is 1. The Labute approximate surface area is 109 Å². The van der Waals surface area contributed by atoms with Crippen molar-refractivity contribution in [1.82, 2.24) is 0 Å². The van der Waals surface area contributed by atoms with E-state index in [4.69, 9.17) is 0 Å². The molecule has 1 nitrogen and oxygen atoms in total. The molecule has 0 radical (unpaired) electrons. The summed E-state index contributed by atoms with van der Waals surface area (Å²) in [6.07, 6.45) is 8.68. The molecule has 4 aliphatic carbocycles. The van der Waals surface area contributed by atoms with Crippen LogP contribution in [0.25, 0.3) is 0 Å². The van der Waals surface area contributed by atoms with Gasteiger partial charge in [0, 0.05) is 6.42 Å². The minimum atomic E-state index is 0.376. The highest BCUT2D eigenvalue weighted by molar-refractivity contribution is 5.52. The number of benzene rings is 1. The Hall–Kier alpha value is -1.11. The van der Waals surface area contributed by atoms with Crippen LogP contribution in [0.15, 0.2) is 30.3 Å². The minimum Gasteiger partial charge on any atom is -0.303 e. The highest BCUT2D eigenvalue weighted by atomic mass is 16.1. The predicted molar refractivity (Wildman–Crippen MR) is 71.3 cm³/mol. The molecule has 4 fully saturated rings. The number of carbonyl (C=O) groups excluding carboxylic acids is 1. The second-order valence-corrected chi connectivity index (χ2v) is 6.97. The molecule has 1 heteroatoms. The van der Waals surface area contributed by atoms with E-state index in [0.717, 1.165) is 18.3 Å². The average Bonchev–Trinajstić information content (AvgIpc) is 2.74. The molecular weight excluding hydrogens is 220 g/mol. The number of rotatable bonds is 3. The Morgan fingerprint density at radius 3 is 2.78 bits per heavy atom. The molecule has 0 aromatic heterocycles. The van der Waals surface area contributed by atoms with Gasteiger partial charge in [-0.3, -0.25) is 0 Å². The normalized spacial score (nSPS) is 44.4. The van der Waals surface area contributed by atoms with Crippen molar-refractivity contribution in [3.63, 3.8) is 0 Å². The van der Waals surface area contributed by atoms with Gasteiger partial charge in [-0.15, -0.1) is 0 Å². The van der Waals surface area contributed by atoms with Gasteiger partial charge in [0.25, 0.3) is 0 Å². The third-order valence-electron chi connectivity index (χ3n) is 6.06. The third-order valence-corrected chi connectivity index (χ3v) is 6.06. The highest BCUT2D eigenvalue weighted by Crippen LogP contribution is 2.71. The molecule has 0 amide bonds. The van der Waals surface area contributed by atoms with Gasteiger partial charge in [0.1, 0.15) is 6.29 Å². The van der Waals surface area contributed by atoms with Crippen LogP contribution < -0.4 is 0 Å². The van der Waals surface area contributed by atoms with Gasteiger partial charge in [0.2, 0.25) is 0 Å². The Kier molecular flexibility index (Phi) is 2.07. The van der Waals surface area contributed by atoms with Crippen LogP contribution in [0.4, 0.5) is 0 Å². The zero-order valence-electron chi connectivity index (χ0n) is 10.8. The highest BCUT2D eigenvalue weighted by Gasteiger charge is 2.63. The van der Waals surface area contributed by atoms with Gasteiger partial charge in [0.15, 0.2) is 0 Å². The molecule has 4 aliphatic rings. The molecule has 0 heterocycles. The Bertz CT molecular complexity index is 480. The Balaban J connectivity index is 1.76. The number of carbonyl (C=O) groups is 1. The van der Waals surface area contributed by atoms with Crippen LogP contribution in [0.2, 0.25) is 0 Å². The van der Waals surface area contributed by atoms with Crippen LogP contribution in [-0.4, -0.2) is 6.29 Å². The van der Waals surface area contributed by atoms with Crippen LogP contribution in [0, 0.1) is 17.3 Å². The Morgan fingerprint density at radius 1 is 1.17 bits per heavy atom. The lowest BCUT2D eigenvalue weighted by molar-refractivity contribution is -0.110. The summed E-state index contributed by atoms with van der Waals surface area (Å²) in [4.78, 5) is 11.1. The van der Waals surface area contributed by atoms with E-state index in [1.54, 1.807) is 0 Å². The average molecular weight is 240 g/mol.